The third-order valence-corrected chi connectivity index (χ3v) is 11.6. The summed E-state index contributed by atoms with van der Waals surface area (Å²) in [5.41, 5.74) is 13.3. The number of ether oxygens (including phenoxy) is 2. The number of methoxy groups -OCH3 is 1. The van der Waals surface area contributed by atoms with Gasteiger partial charge in [0.1, 0.15) is 6.61 Å². The van der Waals surface area contributed by atoms with E-state index in [-0.39, 0.29) is 59.9 Å². The fourth-order valence-electron chi connectivity index (χ4n) is 8.27. The zero-order valence-electron chi connectivity index (χ0n) is 33.7. The minimum atomic E-state index is -0.544. The second-order valence-corrected chi connectivity index (χ2v) is 15.4. The van der Waals surface area contributed by atoms with E-state index in [2.05, 4.69) is 80.2 Å². The molecule has 6 rings (SSSR count). The van der Waals surface area contributed by atoms with Crippen LogP contribution in [0.3, 0.4) is 0 Å². The van der Waals surface area contributed by atoms with Crippen molar-refractivity contribution in [2.24, 2.45) is 23.7 Å². The number of carbonyl (C=O) groups excluding carboxylic acids is 2. The van der Waals surface area contributed by atoms with Crippen LogP contribution in [0.4, 0.5) is 0 Å². The maximum Gasteiger partial charge on any atom is 2.00 e. The molecule has 9 heteroatoms. The maximum absolute atomic E-state index is 13.5. The predicted octanol–water partition coefficient (Wildman–Crippen LogP) is 7.11. The maximum atomic E-state index is 13.5. The summed E-state index contributed by atoms with van der Waals surface area (Å²) < 4.78 is 11.1. The molecule has 0 saturated carbocycles. The largest absolute Gasteiger partial charge is 2.00 e. The smallest absolute Gasteiger partial charge is 0.664 e. The molecule has 0 amide bonds. The van der Waals surface area contributed by atoms with Crippen molar-refractivity contribution in [3.63, 3.8) is 0 Å². The average molecular weight is 739 g/mol. The van der Waals surface area contributed by atoms with Gasteiger partial charge in [-0.05, 0) is 89.2 Å². The molecule has 54 heavy (non-hydrogen) atoms. The summed E-state index contributed by atoms with van der Waals surface area (Å²) in [6, 6.07) is 0. The summed E-state index contributed by atoms with van der Waals surface area (Å²) in [4.78, 5) is 42.1. The Morgan fingerprint density at radius 1 is 0.981 bits per heavy atom. The molecule has 2 aliphatic heterocycles. The van der Waals surface area contributed by atoms with Gasteiger partial charge in [0.2, 0.25) is 0 Å². The topological polar surface area (TPSA) is 109 Å². The number of aromatic nitrogens is 3. The van der Waals surface area contributed by atoms with Gasteiger partial charge in [0.05, 0.1) is 13.0 Å². The summed E-state index contributed by atoms with van der Waals surface area (Å²) in [6.45, 7) is 21.5. The number of fused-ring (bicyclic) bond motifs is 7. The first-order valence-corrected chi connectivity index (χ1v) is 19.2. The van der Waals surface area contributed by atoms with Gasteiger partial charge in [-0.25, -0.2) is 0 Å². The van der Waals surface area contributed by atoms with E-state index in [1.165, 1.54) is 24.7 Å². The molecule has 3 aromatic heterocycles. The monoisotopic (exact) mass is 738 g/mol. The fourth-order valence-corrected chi connectivity index (χ4v) is 8.27. The number of carbonyl (C=O) groups is 2. The third kappa shape index (κ3) is 8.03. The molecule has 3 aliphatic rings. The minimum absolute atomic E-state index is 0. The summed E-state index contributed by atoms with van der Waals surface area (Å²) in [5, 5.41) is 7.09. The average Bonchev–Trinajstić information content (AvgIpc) is 3.88. The third-order valence-electron chi connectivity index (χ3n) is 11.6. The van der Waals surface area contributed by atoms with Gasteiger partial charge < -0.3 is 29.7 Å². The van der Waals surface area contributed by atoms with Gasteiger partial charge in [-0.1, -0.05) is 104 Å². The molecule has 0 N–H and O–H groups in total. The van der Waals surface area contributed by atoms with E-state index < -0.39 is 5.92 Å². The second-order valence-electron chi connectivity index (χ2n) is 15.4. The van der Waals surface area contributed by atoms with Crippen molar-refractivity contribution in [2.45, 2.75) is 100 Å². The molecular weight excluding hydrogens is 685 g/mol. The minimum Gasteiger partial charge on any atom is -0.664 e. The van der Waals surface area contributed by atoms with Crippen LogP contribution in [0, 0.1) is 44.4 Å². The normalized spacial score (nSPS) is 22.4. The van der Waals surface area contributed by atoms with Crippen LogP contribution in [-0.2, 0) is 31.9 Å². The summed E-state index contributed by atoms with van der Waals surface area (Å²) >= 11 is 0. The number of allylic oxidation sites excluding steroid dienone is 3. The molecule has 0 radical (unpaired) electrons. The van der Waals surface area contributed by atoms with E-state index in [1.807, 2.05) is 12.2 Å². The van der Waals surface area contributed by atoms with E-state index in [0.29, 0.717) is 18.8 Å². The van der Waals surface area contributed by atoms with Crippen molar-refractivity contribution < 1.29 is 19.1 Å². The standard InChI is InChI=1S/C45H54N4O4.Mg/c1-11-30-26(6)35-21-37-28(8)32(16-17-41(50)53-19-18-25(5)15-13-14-24(3)4)43(48-37)42-34(45(51)52-10)20-33-29(9)38(49-44(33)42)23-40-31(12-2)27(7)36(47-40)22-39(30)46-35;/h11,18,21-24,28,32,34H,1,12-17,19-20H2,2-10H3;/q-4;+2/b25-18-,36-22-,37-21-,40-23-,43-42-;/t28-,32-,34-;/m0./s1. The Labute approximate surface area is 336 Å². The van der Waals surface area contributed by atoms with Crippen LogP contribution in [0.25, 0.3) is 35.2 Å². The van der Waals surface area contributed by atoms with Gasteiger partial charge in [-0.2, -0.15) is 11.4 Å². The predicted molar refractivity (Wildman–Crippen MR) is 218 cm³/mol. The molecule has 0 aromatic carbocycles. The zero-order chi connectivity index (χ0) is 38.1. The molecule has 0 unspecified atom stereocenters. The number of esters is 2. The van der Waals surface area contributed by atoms with E-state index >= 15 is 0 Å². The molecule has 3 atom stereocenters. The molecule has 8 bridgehead atoms. The van der Waals surface area contributed by atoms with Gasteiger partial charge in [0.25, 0.3) is 0 Å². The fraction of sp³-hybridized carbons (Fsp3) is 0.467. The first kappa shape index (κ1) is 41.2. The van der Waals surface area contributed by atoms with Crippen LogP contribution < -0.4 is 25.7 Å². The van der Waals surface area contributed by atoms with Gasteiger partial charge in [-0.15, -0.1) is 33.5 Å². The molecule has 1 saturated heterocycles. The Hall–Kier alpha value is -3.95. The Morgan fingerprint density at radius 2 is 1.70 bits per heavy atom. The van der Waals surface area contributed by atoms with Crippen molar-refractivity contribution in [3.8, 4) is 0 Å². The van der Waals surface area contributed by atoms with Crippen molar-refractivity contribution in [2.75, 3.05) is 13.7 Å². The molecule has 3 aromatic rings. The van der Waals surface area contributed by atoms with E-state index in [1.54, 1.807) is 0 Å². The first-order chi connectivity index (χ1) is 25.4. The Balaban J connectivity index is 0.00000561. The Kier molecular flexibility index (Phi) is 13.2. The van der Waals surface area contributed by atoms with Crippen LogP contribution in [0.1, 0.15) is 123 Å². The number of hydrogen-bond donors (Lipinski definition) is 0. The summed E-state index contributed by atoms with van der Waals surface area (Å²) in [5.74, 6) is -0.626. The molecule has 1 aliphatic carbocycles. The zero-order valence-corrected chi connectivity index (χ0v) is 35.1. The van der Waals surface area contributed by atoms with Crippen LogP contribution in [0.5, 0.6) is 0 Å². The van der Waals surface area contributed by atoms with Crippen LogP contribution in [0.2, 0.25) is 0 Å². The molecule has 1 fully saturated rings. The van der Waals surface area contributed by atoms with E-state index in [0.717, 1.165) is 97.5 Å². The molecular formula is C45H54MgN4O4-2. The number of rotatable bonds is 12. The molecule has 0 spiro atoms. The van der Waals surface area contributed by atoms with Crippen molar-refractivity contribution in [1.29, 1.82) is 0 Å². The van der Waals surface area contributed by atoms with Gasteiger partial charge in [0, 0.05) is 6.42 Å². The molecule has 5 heterocycles. The van der Waals surface area contributed by atoms with Gasteiger partial charge >= 0.3 is 35.0 Å². The molecule has 282 valence electrons. The van der Waals surface area contributed by atoms with E-state index in [9.17, 15) is 9.59 Å². The molecule has 8 nitrogen and oxygen atoms in total. The van der Waals surface area contributed by atoms with Crippen LogP contribution in [0.15, 0.2) is 29.6 Å². The second kappa shape index (κ2) is 17.2. The van der Waals surface area contributed by atoms with Gasteiger partial charge in [-0.3, -0.25) is 9.59 Å². The SMILES string of the molecule is C=Cc1c2[n-]c(c1C)/C=C1\[N-]/C(=C3\c4[n-]c(c(C)c4C[C@@H]3C(=O)OC)/C=c3\[n-]/c(c(C)c3CC)=C\2)[C@@H](CCC(=O)OC/C=C(/C)CCCC(C)C)[C@@H]1C.[Mg+2]. The Bertz CT molecular complexity index is 2150. The van der Waals surface area contributed by atoms with Crippen molar-refractivity contribution >= 4 is 64.9 Å². The quantitative estimate of drug-likeness (QED) is 0.111. The first-order valence-electron chi connectivity index (χ1n) is 19.2. The summed E-state index contributed by atoms with van der Waals surface area (Å²) in [6.07, 6.45) is 15.5. The van der Waals surface area contributed by atoms with Crippen LogP contribution in [-0.4, -0.2) is 48.7 Å². The summed E-state index contributed by atoms with van der Waals surface area (Å²) in [7, 11) is 1.43. The number of hydrogen-bond acceptors (Lipinski definition) is 4. The van der Waals surface area contributed by atoms with Crippen molar-refractivity contribution in [3.05, 3.63) is 102 Å². The number of nitrogens with zero attached hydrogens (tertiary/aromatic N) is 4. The van der Waals surface area contributed by atoms with Crippen LogP contribution >= 0.6 is 0 Å². The van der Waals surface area contributed by atoms with E-state index in [4.69, 9.17) is 29.7 Å². The Morgan fingerprint density at radius 3 is 2.39 bits per heavy atom. The van der Waals surface area contributed by atoms with Gasteiger partial charge in [0.15, 0.2) is 0 Å². The van der Waals surface area contributed by atoms with Crippen molar-refractivity contribution in [1.82, 2.24) is 15.0 Å².